The number of fused-ring (bicyclic) bond motifs is 4. The Morgan fingerprint density at radius 2 is 1.00 bits per heavy atom. The van der Waals surface area contributed by atoms with Crippen molar-refractivity contribution in [3.05, 3.63) is 80.1 Å². The lowest BCUT2D eigenvalue weighted by Gasteiger charge is -2.13. The average Bonchev–Trinajstić information content (AvgIpc) is 2.72. The summed E-state index contributed by atoms with van der Waals surface area (Å²) in [5.74, 6) is 0.563. The second kappa shape index (κ2) is 6.56. The summed E-state index contributed by atoms with van der Waals surface area (Å²) in [4.78, 5) is 33.5. The Bertz CT molecular complexity index is 1470. The minimum atomic E-state index is -0.0127. The van der Waals surface area contributed by atoms with Crippen molar-refractivity contribution in [3.63, 3.8) is 0 Å². The van der Waals surface area contributed by atoms with E-state index in [0.29, 0.717) is 32.6 Å². The zero-order valence-corrected chi connectivity index (χ0v) is 17.6. The van der Waals surface area contributed by atoms with Crippen LogP contribution in [0.1, 0.15) is 50.7 Å². The maximum absolute atomic E-state index is 13.3. The lowest BCUT2D eigenvalue weighted by Crippen LogP contribution is -2.10. The van der Waals surface area contributed by atoms with Crippen LogP contribution in [0.3, 0.4) is 0 Å². The van der Waals surface area contributed by atoms with Gasteiger partial charge in [-0.2, -0.15) is 0 Å². The Balaban J connectivity index is 1.96. The van der Waals surface area contributed by atoms with Crippen LogP contribution in [0.4, 0.5) is 0 Å². The average molecular weight is 396 g/mol. The van der Waals surface area contributed by atoms with Crippen LogP contribution in [0, 0.1) is 0 Å². The Morgan fingerprint density at radius 1 is 0.600 bits per heavy atom. The molecule has 150 valence electrons. The molecule has 0 saturated carbocycles. The van der Waals surface area contributed by atoms with Crippen molar-refractivity contribution in [2.75, 3.05) is 0 Å². The number of rotatable bonds is 2. The highest BCUT2D eigenvalue weighted by Gasteiger charge is 2.15. The lowest BCUT2D eigenvalue weighted by molar-refractivity contribution is 0.873. The molecule has 0 aliphatic rings. The molecule has 2 N–H and O–H groups in total. The van der Waals surface area contributed by atoms with E-state index < -0.39 is 0 Å². The van der Waals surface area contributed by atoms with E-state index in [2.05, 4.69) is 37.7 Å². The number of para-hydroxylation sites is 2. The van der Waals surface area contributed by atoms with Gasteiger partial charge in [-0.3, -0.25) is 9.59 Å². The van der Waals surface area contributed by atoms with Gasteiger partial charge >= 0.3 is 0 Å². The highest BCUT2D eigenvalue weighted by Crippen LogP contribution is 2.28. The molecule has 0 bridgehead atoms. The SMILES string of the molecule is CC(C)c1cccc2c(=O)c3cc4[nH]c5c(C(C)C)cccc5c(=O)c4cc3[nH]c12. The Morgan fingerprint density at radius 3 is 1.37 bits per heavy atom. The van der Waals surface area contributed by atoms with Crippen LogP contribution in [0.5, 0.6) is 0 Å². The van der Waals surface area contributed by atoms with Gasteiger partial charge in [-0.1, -0.05) is 52.0 Å². The number of hydrogen-bond donors (Lipinski definition) is 2. The van der Waals surface area contributed by atoms with Crippen LogP contribution in [0.25, 0.3) is 43.6 Å². The van der Waals surface area contributed by atoms with Crippen molar-refractivity contribution in [1.82, 2.24) is 9.97 Å². The number of nitrogens with one attached hydrogen (secondary N) is 2. The minimum Gasteiger partial charge on any atom is -0.354 e. The fourth-order valence-electron chi connectivity index (χ4n) is 4.50. The van der Waals surface area contributed by atoms with Crippen LogP contribution in [-0.2, 0) is 0 Å². The summed E-state index contributed by atoms with van der Waals surface area (Å²) in [6.07, 6.45) is 0. The molecule has 5 aromatic rings. The fourth-order valence-corrected chi connectivity index (χ4v) is 4.50. The molecule has 0 saturated heterocycles. The Hall–Kier alpha value is -3.40. The molecule has 30 heavy (non-hydrogen) atoms. The summed E-state index contributed by atoms with van der Waals surface area (Å²) >= 11 is 0. The molecule has 0 atom stereocenters. The van der Waals surface area contributed by atoms with Gasteiger partial charge in [-0.15, -0.1) is 0 Å². The lowest BCUT2D eigenvalue weighted by atomic mass is 9.97. The van der Waals surface area contributed by atoms with E-state index in [9.17, 15) is 9.59 Å². The number of benzene rings is 3. The third-order valence-electron chi connectivity index (χ3n) is 6.09. The summed E-state index contributed by atoms with van der Waals surface area (Å²) < 4.78 is 0. The monoisotopic (exact) mass is 396 g/mol. The summed E-state index contributed by atoms with van der Waals surface area (Å²) in [5.41, 5.74) is 5.26. The highest BCUT2D eigenvalue weighted by atomic mass is 16.1. The number of pyridine rings is 2. The largest absolute Gasteiger partial charge is 0.354 e. The quantitative estimate of drug-likeness (QED) is 0.364. The third-order valence-corrected chi connectivity index (χ3v) is 6.09. The molecule has 2 heterocycles. The predicted molar refractivity (Wildman–Crippen MR) is 126 cm³/mol. The molecule has 3 aromatic carbocycles. The van der Waals surface area contributed by atoms with Gasteiger partial charge in [-0.05, 0) is 47.2 Å². The summed E-state index contributed by atoms with van der Waals surface area (Å²) in [5, 5.41) is 2.54. The van der Waals surface area contributed by atoms with Crippen LogP contribution in [-0.4, -0.2) is 9.97 Å². The molecule has 2 aromatic heterocycles. The molecule has 4 heteroatoms. The zero-order chi connectivity index (χ0) is 21.2. The molecule has 0 spiro atoms. The number of aromatic nitrogens is 2. The Labute approximate surface area is 173 Å². The van der Waals surface area contributed by atoms with Crippen LogP contribution in [0.15, 0.2) is 58.1 Å². The molecule has 5 rings (SSSR count). The van der Waals surface area contributed by atoms with Crippen LogP contribution in [0.2, 0.25) is 0 Å². The van der Waals surface area contributed by atoms with Crippen LogP contribution >= 0.6 is 0 Å². The standard InChI is InChI=1S/C26H24N2O2/c1-13(2)15-7-5-9-17-23(15)27-21-11-20-22(12-19(21)25(17)29)28-24-16(14(3)4)8-6-10-18(24)26(20)30/h5-14H,1-4H3,(H,27,29)(H,28,30). The first-order valence-corrected chi connectivity index (χ1v) is 10.4. The molecule has 0 aliphatic carbocycles. The highest BCUT2D eigenvalue weighted by molar-refractivity contribution is 6.03. The maximum Gasteiger partial charge on any atom is 0.197 e. The smallest absolute Gasteiger partial charge is 0.197 e. The topological polar surface area (TPSA) is 65.7 Å². The van der Waals surface area contributed by atoms with E-state index in [-0.39, 0.29) is 22.7 Å². The fraction of sp³-hybridized carbons (Fsp3) is 0.231. The van der Waals surface area contributed by atoms with Crippen molar-refractivity contribution < 1.29 is 0 Å². The van der Waals surface area contributed by atoms with E-state index in [4.69, 9.17) is 0 Å². The van der Waals surface area contributed by atoms with Crippen LogP contribution < -0.4 is 10.9 Å². The minimum absolute atomic E-state index is 0.0127. The van der Waals surface area contributed by atoms with Gasteiger partial charge in [0.1, 0.15) is 0 Å². The Kier molecular flexibility index (Phi) is 4.07. The second-order valence-electron chi connectivity index (χ2n) is 8.70. The zero-order valence-electron chi connectivity index (χ0n) is 17.6. The van der Waals surface area contributed by atoms with Crippen molar-refractivity contribution in [2.24, 2.45) is 0 Å². The summed E-state index contributed by atoms with van der Waals surface area (Å²) in [6, 6.07) is 15.3. The predicted octanol–water partition coefficient (Wildman–Crippen LogP) is 5.92. The van der Waals surface area contributed by atoms with Crippen molar-refractivity contribution in [1.29, 1.82) is 0 Å². The molecular weight excluding hydrogens is 372 g/mol. The molecule has 0 aliphatic heterocycles. The van der Waals surface area contributed by atoms with E-state index in [1.165, 1.54) is 0 Å². The third kappa shape index (κ3) is 2.60. The number of H-pyrrole nitrogens is 2. The van der Waals surface area contributed by atoms with Crippen molar-refractivity contribution in [3.8, 4) is 0 Å². The summed E-state index contributed by atoms with van der Waals surface area (Å²) in [7, 11) is 0. The molecular formula is C26H24N2O2. The van der Waals surface area contributed by atoms with Gasteiger partial charge in [0.15, 0.2) is 10.9 Å². The molecule has 0 amide bonds. The number of aromatic amines is 2. The van der Waals surface area contributed by atoms with Gasteiger partial charge in [0.2, 0.25) is 0 Å². The van der Waals surface area contributed by atoms with Gasteiger partial charge in [0.25, 0.3) is 0 Å². The first kappa shape index (κ1) is 18.6. The number of hydrogen-bond acceptors (Lipinski definition) is 2. The van der Waals surface area contributed by atoms with Gasteiger partial charge in [0, 0.05) is 21.5 Å². The summed E-state index contributed by atoms with van der Waals surface area (Å²) in [6.45, 7) is 8.45. The normalized spacial score (nSPS) is 12.2. The van der Waals surface area contributed by atoms with E-state index in [1.54, 1.807) is 0 Å². The first-order chi connectivity index (χ1) is 14.4. The molecule has 0 radical (unpaired) electrons. The van der Waals surface area contributed by atoms with Crippen molar-refractivity contribution >= 4 is 43.6 Å². The van der Waals surface area contributed by atoms with E-state index in [0.717, 1.165) is 22.2 Å². The van der Waals surface area contributed by atoms with Gasteiger partial charge < -0.3 is 9.97 Å². The molecule has 0 unspecified atom stereocenters. The van der Waals surface area contributed by atoms with Gasteiger partial charge in [-0.25, -0.2) is 0 Å². The first-order valence-electron chi connectivity index (χ1n) is 10.4. The maximum atomic E-state index is 13.3. The molecule has 4 nitrogen and oxygen atoms in total. The van der Waals surface area contributed by atoms with E-state index in [1.807, 2.05) is 48.5 Å². The van der Waals surface area contributed by atoms with Gasteiger partial charge in [0.05, 0.1) is 22.1 Å². The van der Waals surface area contributed by atoms with E-state index >= 15 is 0 Å². The van der Waals surface area contributed by atoms with Crippen molar-refractivity contribution in [2.45, 2.75) is 39.5 Å². The molecule has 0 fully saturated rings. The second-order valence-corrected chi connectivity index (χ2v) is 8.70.